The first-order valence-corrected chi connectivity index (χ1v) is 8.92. The van der Waals surface area contributed by atoms with E-state index < -0.39 is 12.0 Å². The molecule has 0 aromatic rings. The maximum Gasteiger partial charge on any atom is 0.327 e. The Morgan fingerprint density at radius 3 is 2.62 bits per heavy atom. The summed E-state index contributed by atoms with van der Waals surface area (Å²) in [5.74, 6) is 0.749. The molecule has 0 radical (unpaired) electrons. The van der Waals surface area contributed by atoms with Crippen LogP contribution in [-0.4, -0.2) is 45.2 Å². The number of hydrogen-bond donors (Lipinski definition) is 2. The van der Waals surface area contributed by atoms with Crippen molar-refractivity contribution >= 4 is 23.8 Å². The third-order valence-electron chi connectivity index (χ3n) is 4.70. The smallest absolute Gasteiger partial charge is 0.327 e. The lowest BCUT2D eigenvalue weighted by Crippen LogP contribution is -2.54. The normalized spacial score (nSPS) is 36.5. The Hall–Kier alpha value is -0.910. The molecule has 6 heteroatoms. The third-order valence-corrected chi connectivity index (χ3v) is 6.16. The van der Waals surface area contributed by atoms with Crippen LogP contribution in [0.5, 0.6) is 0 Å². The van der Waals surface area contributed by atoms with Gasteiger partial charge >= 0.3 is 12.0 Å². The molecule has 1 aliphatic carbocycles. The molecule has 0 spiro atoms. The van der Waals surface area contributed by atoms with Crippen LogP contribution in [0.1, 0.15) is 46.5 Å². The van der Waals surface area contributed by atoms with Gasteiger partial charge in [0.05, 0.1) is 5.37 Å². The summed E-state index contributed by atoms with van der Waals surface area (Å²) in [5.41, 5.74) is 0. The van der Waals surface area contributed by atoms with Crippen LogP contribution in [0.15, 0.2) is 0 Å². The zero-order valence-electron chi connectivity index (χ0n) is 13.0. The summed E-state index contributed by atoms with van der Waals surface area (Å²) in [6, 6.07) is -0.727. The average Bonchev–Trinajstić information content (AvgIpc) is 2.86. The summed E-state index contributed by atoms with van der Waals surface area (Å²) in [6.07, 6.45) is 4.02. The topological polar surface area (TPSA) is 69.6 Å². The Morgan fingerprint density at radius 2 is 2.05 bits per heavy atom. The second kappa shape index (κ2) is 6.90. The maximum atomic E-state index is 12.6. The van der Waals surface area contributed by atoms with Crippen LogP contribution < -0.4 is 5.32 Å². The van der Waals surface area contributed by atoms with Crippen molar-refractivity contribution in [1.82, 2.24) is 10.2 Å². The summed E-state index contributed by atoms with van der Waals surface area (Å²) < 4.78 is 0. The molecule has 5 unspecified atom stereocenters. The van der Waals surface area contributed by atoms with Gasteiger partial charge in [0.15, 0.2) is 0 Å². The highest BCUT2D eigenvalue weighted by atomic mass is 32.2. The highest BCUT2D eigenvalue weighted by Crippen LogP contribution is 2.33. The van der Waals surface area contributed by atoms with Crippen molar-refractivity contribution in [3.8, 4) is 0 Å². The van der Waals surface area contributed by atoms with Crippen LogP contribution in [-0.2, 0) is 4.79 Å². The highest BCUT2D eigenvalue weighted by Gasteiger charge is 2.41. The fraction of sp³-hybridized carbons (Fsp3) is 0.867. The molecule has 2 aliphatic rings. The Labute approximate surface area is 130 Å². The molecule has 120 valence electrons. The number of nitrogens with zero attached hydrogens (tertiary/aromatic N) is 1. The Balaban J connectivity index is 2.02. The number of urea groups is 1. The van der Waals surface area contributed by atoms with E-state index in [2.05, 4.69) is 19.2 Å². The van der Waals surface area contributed by atoms with E-state index in [4.69, 9.17) is 0 Å². The number of carboxylic acid groups (broad SMARTS) is 1. The second-order valence-electron chi connectivity index (χ2n) is 6.41. The van der Waals surface area contributed by atoms with E-state index in [0.29, 0.717) is 17.6 Å². The van der Waals surface area contributed by atoms with Crippen molar-refractivity contribution < 1.29 is 14.7 Å². The molecule has 1 saturated heterocycles. The lowest BCUT2D eigenvalue weighted by atomic mass is 9.80. The van der Waals surface area contributed by atoms with Crippen molar-refractivity contribution in [2.75, 3.05) is 5.75 Å². The van der Waals surface area contributed by atoms with Gasteiger partial charge in [0, 0.05) is 11.8 Å². The van der Waals surface area contributed by atoms with Gasteiger partial charge in [-0.2, -0.15) is 0 Å². The number of thioether (sulfide) groups is 1. The van der Waals surface area contributed by atoms with Gasteiger partial charge in [0.2, 0.25) is 0 Å². The first-order chi connectivity index (χ1) is 9.93. The van der Waals surface area contributed by atoms with E-state index in [1.165, 1.54) is 4.90 Å². The molecule has 2 fully saturated rings. The van der Waals surface area contributed by atoms with Crippen molar-refractivity contribution in [3.05, 3.63) is 0 Å². The molecule has 1 heterocycles. The standard InChI is InChI=1S/C15H26N2O3S/c1-4-13-17(12(8-21-13)14(18)19)15(20)16-11-6-5-9(2)7-10(11)3/h9-13H,4-8H2,1-3H3,(H,16,20)(H,18,19). The second-order valence-corrected chi connectivity index (χ2v) is 7.62. The van der Waals surface area contributed by atoms with Gasteiger partial charge in [-0.25, -0.2) is 9.59 Å². The molecule has 0 aromatic heterocycles. The van der Waals surface area contributed by atoms with Crippen LogP contribution in [0.25, 0.3) is 0 Å². The number of rotatable bonds is 3. The van der Waals surface area contributed by atoms with Gasteiger partial charge < -0.3 is 10.4 Å². The predicted molar refractivity (Wildman–Crippen MR) is 84.3 cm³/mol. The zero-order chi connectivity index (χ0) is 15.6. The summed E-state index contributed by atoms with van der Waals surface area (Å²) in [7, 11) is 0. The Bertz CT molecular complexity index is 404. The monoisotopic (exact) mass is 314 g/mol. The predicted octanol–water partition coefficient (Wildman–Crippen LogP) is 2.76. The Kier molecular flexibility index (Phi) is 5.41. The summed E-state index contributed by atoms with van der Waals surface area (Å²) in [6.45, 7) is 6.41. The van der Waals surface area contributed by atoms with Crippen LogP contribution in [0.2, 0.25) is 0 Å². The van der Waals surface area contributed by atoms with E-state index in [1.54, 1.807) is 11.8 Å². The molecule has 2 N–H and O–H groups in total. The fourth-order valence-electron chi connectivity index (χ4n) is 3.45. The van der Waals surface area contributed by atoms with Gasteiger partial charge in [0.25, 0.3) is 0 Å². The SMILES string of the molecule is CCC1SCC(C(=O)O)N1C(=O)NC1CCC(C)CC1C. The molecule has 21 heavy (non-hydrogen) atoms. The van der Waals surface area contributed by atoms with E-state index in [9.17, 15) is 14.7 Å². The molecule has 1 aliphatic heterocycles. The third kappa shape index (κ3) is 3.65. The minimum Gasteiger partial charge on any atom is -0.480 e. The quantitative estimate of drug-likeness (QED) is 0.840. The first kappa shape index (κ1) is 16.5. The molecule has 2 amide bonds. The average molecular weight is 314 g/mol. The number of carbonyl (C=O) groups excluding carboxylic acids is 1. The van der Waals surface area contributed by atoms with E-state index in [1.807, 2.05) is 6.92 Å². The largest absolute Gasteiger partial charge is 0.480 e. The molecule has 1 saturated carbocycles. The number of carbonyl (C=O) groups is 2. The molecular weight excluding hydrogens is 288 g/mol. The summed E-state index contributed by atoms with van der Waals surface area (Å²) in [4.78, 5) is 25.4. The minimum absolute atomic E-state index is 0.0241. The van der Waals surface area contributed by atoms with Crippen LogP contribution >= 0.6 is 11.8 Å². The number of carboxylic acids is 1. The van der Waals surface area contributed by atoms with Gasteiger partial charge in [0.1, 0.15) is 6.04 Å². The van der Waals surface area contributed by atoms with Gasteiger partial charge in [-0.05, 0) is 37.5 Å². The maximum absolute atomic E-state index is 12.6. The van der Waals surface area contributed by atoms with Gasteiger partial charge in [-0.3, -0.25) is 4.90 Å². The van der Waals surface area contributed by atoms with Crippen molar-refractivity contribution in [2.45, 2.75) is 63.9 Å². The number of aliphatic carboxylic acids is 1. The minimum atomic E-state index is -0.904. The van der Waals surface area contributed by atoms with Crippen molar-refractivity contribution in [1.29, 1.82) is 0 Å². The number of hydrogen-bond acceptors (Lipinski definition) is 3. The lowest BCUT2D eigenvalue weighted by Gasteiger charge is -2.35. The van der Waals surface area contributed by atoms with Gasteiger partial charge in [-0.1, -0.05) is 20.8 Å². The lowest BCUT2D eigenvalue weighted by molar-refractivity contribution is -0.141. The number of amides is 2. The fourth-order valence-corrected chi connectivity index (χ4v) is 4.80. The molecule has 5 nitrogen and oxygen atoms in total. The molecule has 0 aromatic carbocycles. The van der Waals surface area contributed by atoms with E-state index >= 15 is 0 Å². The molecule has 5 atom stereocenters. The van der Waals surface area contributed by atoms with Crippen LogP contribution in [0, 0.1) is 11.8 Å². The van der Waals surface area contributed by atoms with E-state index in [-0.39, 0.29) is 17.4 Å². The van der Waals surface area contributed by atoms with Crippen LogP contribution in [0.3, 0.4) is 0 Å². The zero-order valence-corrected chi connectivity index (χ0v) is 13.9. The van der Waals surface area contributed by atoms with E-state index in [0.717, 1.165) is 25.7 Å². The van der Waals surface area contributed by atoms with Crippen LogP contribution in [0.4, 0.5) is 4.79 Å². The molecule has 0 bridgehead atoms. The van der Waals surface area contributed by atoms with Gasteiger partial charge in [-0.15, -0.1) is 11.8 Å². The molecular formula is C15H26N2O3S. The molecule has 2 rings (SSSR count). The number of nitrogens with one attached hydrogen (secondary N) is 1. The summed E-state index contributed by atoms with van der Waals surface area (Å²) in [5, 5.41) is 12.4. The first-order valence-electron chi connectivity index (χ1n) is 7.87. The van der Waals surface area contributed by atoms with Crippen molar-refractivity contribution in [2.24, 2.45) is 11.8 Å². The summed E-state index contributed by atoms with van der Waals surface area (Å²) >= 11 is 1.56. The Morgan fingerprint density at radius 1 is 1.33 bits per heavy atom. The highest BCUT2D eigenvalue weighted by molar-refractivity contribution is 8.00. The van der Waals surface area contributed by atoms with Crippen molar-refractivity contribution in [3.63, 3.8) is 0 Å².